The summed E-state index contributed by atoms with van der Waals surface area (Å²) < 4.78 is 40.2. The second kappa shape index (κ2) is 8.42. The van der Waals surface area contributed by atoms with Gasteiger partial charge in [-0.2, -0.15) is 5.10 Å². The van der Waals surface area contributed by atoms with Gasteiger partial charge in [0.2, 0.25) is 0 Å². The van der Waals surface area contributed by atoms with Crippen molar-refractivity contribution in [1.29, 1.82) is 0 Å². The van der Waals surface area contributed by atoms with Crippen molar-refractivity contribution in [2.24, 2.45) is 7.05 Å². The minimum absolute atomic E-state index is 0.0412. The number of sulfonamides is 1. The van der Waals surface area contributed by atoms with E-state index in [-0.39, 0.29) is 26.3 Å². The summed E-state index contributed by atoms with van der Waals surface area (Å²) >= 11 is 11.8. The first-order chi connectivity index (χ1) is 14.3. The van der Waals surface area contributed by atoms with Crippen molar-refractivity contribution in [3.8, 4) is 0 Å². The van der Waals surface area contributed by atoms with Gasteiger partial charge in [0.05, 0.1) is 16.1 Å². The quantitative estimate of drug-likeness (QED) is 0.436. The standard InChI is InChI=1S/C17H17Cl2N4O6PS/c1-20-17(24)16-14-4-3-12(8-15(14)22(2)21-16)23(9-30(25,26)27)31(28,29)13-6-10(18)5-11(19)7-13/h3-8H,9H2,1-2H3,(H,20,24)(H2,25,26,27). The topological polar surface area (TPSA) is 142 Å². The number of hydrogen-bond acceptors (Lipinski definition) is 5. The number of halogens is 2. The van der Waals surface area contributed by atoms with Crippen molar-refractivity contribution >= 4 is 63.3 Å². The minimum Gasteiger partial charge on any atom is -0.354 e. The molecule has 0 saturated carbocycles. The minimum atomic E-state index is -4.82. The molecule has 166 valence electrons. The van der Waals surface area contributed by atoms with Crippen LogP contribution in [0.1, 0.15) is 10.5 Å². The van der Waals surface area contributed by atoms with Gasteiger partial charge in [0, 0.05) is 29.5 Å². The Morgan fingerprint density at radius 1 is 1.19 bits per heavy atom. The predicted molar refractivity (Wildman–Crippen MR) is 117 cm³/mol. The van der Waals surface area contributed by atoms with Crippen LogP contribution in [0.5, 0.6) is 0 Å². The fourth-order valence-electron chi connectivity index (χ4n) is 2.96. The Bertz CT molecular complexity index is 1320. The number of rotatable bonds is 6. The van der Waals surface area contributed by atoms with E-state index in [2.05, 4.69) is 10.4 Å². The van der Waals surface area contributed by atoms with Gasteiger partial charge in [-0.05, 0) is 36.4 Å². The molecule has 1 aromatic heterocycles. The van der Waals surface area contributed by atoms with Gasteiger partial charge in [-0.3, -0.25) is 18.3 Å². The molecule has 0 atom stereocenters. The van der Waals surface area contributed by atoms with Gasteiger partial charge < -0.3 is 15.1 Å². The van der Waals surface area contributed by atoms with Gasteiger partial charge in [-0.15, -0.1) is 0 Å². The van der Waals surface area contributed by atoms with Crippen LogP contribution in [-0.4, -0.2) is 47.2 Å². The van der Waals surface area contributed by atoms with Crippen molar-refractivity contribution in [3.63, 3.8) is 0 Å². The highest BCUT2D eigenvalue weighted by Crippen LogP contribution is 2.40. The zero-order valence-electron chi connectivity index (χ0n) is 16.2. The Labute approximate surface area is 187 Å². The Morgan fingerprint density at radius 2 is 1.81 bits per heavy atom. The smallest absolute Gasteiger partial charge is 0.345 e. The number of carbonyl (C=O) groups is 1. The molecular formula is C17H17Cl2N4O6PS. The van der Waals surface area contributed by atoms with E-state index in [4.69, 9.17) is 23.2 Å². The van der Waals surface area contributed by atoms with Gasteiger partial charge in [0.1, 0.15) is 6.29 Å². The van der Waals surface area contributed by atoms with Crippen LogP contribution in [0.15, 0.2) is 41.3 Å². The largest absolute Gasteiger partial charge is 0.354 e. The molecule has 3 rings (SSSR count). The molecule has 3 N–H and O–H groups in total. The third-order valence-corrected chi connectivity index (χ3v) is 7.33. The molecule has 0 aliphatic rings. The summed E-state index contributed by atoms with van der Waals surface area (Å²) in [4.78, 5) is 30.8. The number of carbonyl (C=O) groups excluding carboxylic acids is 1. The highest BCUT2D eigenvalue weighted by atomic mass is 35.5. The third-order valence-electron chi connectivity index (χ3n) is 4.30. The fourth-order valence-corrected chi connectivity index (χ4v) is 6.37. The number of hydrogen-bond donors (Lipinski definition) is 3. The molecule has 0 saturated heterocycles. The van der Waals surface area contributed by atoms with E-state index in [1.165, 1.54) is 36.0 Å². The first-order valence-corrected chi connectivity index (χ1v) is 12.5. The maximum atomic E-state index is 13.3. The summed E-state index contributed by atoms with van der Waals surface area (Å²) in [5.74, 6) is -0.438. The van der Waals surface area contributed by atoms with Gasteiger partial charge in [-0.1, -0.05) is 23.2 Å². The van der Waals surface area contributed by atoms with Crippen LogP contribution in [0, 0.1) is 0 Å². The Balaban J connectivity index is 2.21. The van der Waals surface area contributed by atoms with Crippen LogP contribution in [0.3, 0.4) is 0 Å². The lowest BCUT2D eigenvalue weighted by Crippen LogP contribution is -2.32. The van der Waals surface area contributed by atoms with E-state index >= 15 is 0 Å². The summed E-state index contributed by atoms with van der Waals surface area (Å²) in [6.07, 6.45) is -1.12. The number of anilines is 1. The zero-order chi connectivity index (χ0) is 23.1. The van der Waals surface area contributed by atoms with E-state index in [0.717, 1.165) is 12.1 Å². The summed E-state index contributed by atoms with van der Waals surface area (Å²) in [5, 5.41) is 7.11. The lowest BCUT2D eigenvalue weighted by Gasteiger charge is -2.25. The maximum Gasteiger partial charge on any atom is 0.345 e. The van der Waals surface area contributed by atoms with Crippen molar-refractivity contribution in [1.82, 2.24) is 15.1 Å². The maximum absolute atomic E-state index is 13.3. The molecule has 31 heavy (non-hydrogen) atoms. The monoisotopic (exact) mass is 506 g/mol. The fraction of sp³-hybridized carbons (Fsp3) is 0.176. The molecule has 0 bridgehead atoms. The molecule has 0 aliphatic heterocycles. The van der Waals surface area contributed by atoms with E-state index in [1.807, 2.05) is 0 Å². The zero-order valence-corrected chi connectivity index (χ0v) is 19.4. The molecule has 10 nitrogen and oxygen atoms in total. The molecule has 1 amide bonds. The molecule has 0 aliphatic carbocycles. The summed E-state index contributed by atoms with van der Waals surface area (Å²) in [7, 11) is -6.29. The molecule has 0 unspecified atom stereocenters. The van der Waals surface area contributed by atoms with Crippen molar-refractivity contribution < 1.29 is 27.6 Å². The third kappa shape index (κ3) is 4.87. The molecule has 2 aromatic carbocycles. The Morgan fingerprint density at radius 3 is 2.35 bits per heavy atom. The number of amides is 1. The van der Waals surface area contributed by atoms with Crippen molar-refractivity contribution in [2.45, 2.75) is 4.90 Å². The number of benzene rings is 2. The lowest BCUT2D eigenvalue weighted by atomic mass is 10.2. The SMILES string of the molecule is CNC(=O)c1nn(C)c2cc(N(CP(=O)(O)O)S(=O)(=O)c3cc(Cl)cc(Cl)c3)ccc12. The van der Waals surface area contributed by atoms with E-state index < -0.39 is 29.8 Å². The second-order valence-corrected chi connectivity index (χ2v) is 10.9. The number of aryl methyl sites for hydroxylation is 1. The number of nitrogens with one attached hydrogen (secondary N) is 1. The molecule has 3 aromatic rings. The number of fused-ring (bicyclic) bond motifs is 1. The second-order valence-electron chi connectivity index (χ2n) is 6.52. The Kier molecular flexibility index (Phi) is 6.39. The molecular weight excluding hydrogens is 490 g/mol. The van der Waals surface area contributed by atoms with Crippen LogP contribution >= 0.6 is 30.8 Å². The van der Waals surface area contributed by atoms with Gasteiger partial charge in [0.15, 0.2) is 5.69 Å². The number of aromatic nitrogens is 2. The summed E-state index contributed by atoms with van der Waals surface area (Å²) in [6, 6.07) is 7.74. The van der Waals surface area contributed by atoms with Crippen LogP contribution < -0.4 is 9.62 Å². The molecule has 0 fully saturated rings. The highest BCUT2D eigenvalue weighted by Gasteiger charge is 2.32. The molecule has 0 radical (unpaired) electrons. The van der Waals surface area contributed by atoms with Crippen molar-refractivity contribution in [2.75, 3.05) is 17.6 Å². The van der Waals surface area contributed by atoms with Crippen LogP contribution in [-0.2, 0) is 21.6 Å². The molecule has 1 heterocycles. The highest BCUT2D eigenvalue weighted by molar-refractivity contribution is 7.93. The summed E-state index contributed by atoms with van der Waals surface area (Å²) in [6.45, 7) is 0. The van der Waals surface area contributed by atoms with Crippen LogP contribution in [0.2, 0.25) is 10.0 Å². The van der Waals surface area contributed by atoms with E-state index in [1.54, 1.807) is 7.05 Å². The first kappa shape index (κ1) is 23.5. The summed E-state index contributed by atoms with van der Waals surface area (Å²) in [5.41, 5.74) is 0.460. The van der Waals surface area contributed by atoms with E-state index in [9.17, 15) is 27.6 Å². The van der Waals surface area contributed by atoms with Gasteiger partial charge in [-0.25, -0.2) is 8.42 Å². The average Bonchev–Trinajstić information content (AvgIpc) is 3.00. The average molecular weight is 507 g/mol. The predicted octanol–water partition coefficient (Wildman–Crippen LogP) is 2.57. The first-order valence-electron chi connectivity index (χ1n) is 8.56. The van der Waals surface area contributed by atoms with Crippen LogP contribution in [0.4, 0.5) is 5.69 Å². The normalized spacial score (nSPS) is 12.2. The lowest BCUT2D eigenvalue weighted by molar-refractivity contribution is 0.0959. The van der Waals surface area contributed by atoms with E-state index in [0.29, 0.717) is 15.2 Å². The molecule has 0 spiro atoms. The Hall–Kier alpha value is -2.14. The van der Waals surface area contributed by atoms with Crippen LogP contribution in [0.25, 0.3) is 10.9 Å². The van der Waals surface area contributed by atoms with Crippen molar-refractivity contribution in [3.05, 3.63) is 52.1 Å². The van der Waals surface area contributed by atoms with Gasteiger partial charge in [0.25, 0.3) is 15.9 Å². The molecule has 14 heteroatoms. The van der Waals surface area contributed by atoms with Gasteiger partial charge >= 0.3 is 7.60 Å². The number of nitrogens with zero attached hydrogens (tertiary/aromatic N) is 3.